The highest BCUT2D eigenvalue weighted by atomic mass is 35.5. The van der Waals surface area contributed by atoms with Crippen molar-refractivity contribution in [1.82, 2.24) is 19.3 Å². The van der Waals surface area contributed by atoms with Crippen LogP contribution in [0.4, 0.5) is 5.82 Å². The van der Waals surface area contributed by atoms with Gasteiger partial charge in [0, 0.05) is 61.5 Å². The molecule has 0 unspecified atom stereocenters. The fourth-order valence-corrected chi connectivity index (χ4v) is 4.40. The summed E-state index contributed by atoms with van der Waals surface area (Å²) in [5.41, 5.74) is 4.15. The molecule has 1 aromatic carbocycles. The highest BCUT2D eigenvalue weighted by Gasteiger charge is 2.17. The van der Waals surface area contributed by atoms with Crippen molar-refractivity contribution >= 4 is 17.4 Å². The molecule has 7 nitrogen and oxygen atoms in total. The minimum Gasteiger partial charge on any atom is -0.357 e. The van der Waals surface area contributed by atoms with Crippen molar-refractivity contribution in [3.8, 4) is 34.0 Å². The third-order valence-electron chi connectivity index (χ3n) is 5.96. The van der Waals surface area contributed by atoms with E-state index >= 15 is 0 Å². The second-order valence-corrected chi connectivity index (χ2v) is 8.48. The van der Waals surface area contributed by atoms with Crippen molar-refractivity contribution in [2.24, 2.45) is 7.05 Å². The second kappa shape index (κ2) is 8.57. The predicted molar refractivity (Wildman–Crippen MR) is 129 cm³/mol. The molecule has 0 spiro atoms. The van der Waals surface area contributed by atoms with Gasteiger partial charge in [-0.1, -0.05) is 17.7 Å². The first kappa shape index (κ1) is 21.0. The van der Waals surface area contributed by atoms with E-state index < -0.39 is 0 Å². The number of hydrogen-bond donors (Lipinski definition) is 0. The van der Waals surface area contributed by atoms with Gasteiger partial charge in [-0.15, -0.1) is 0 Å². The number of hydrogen-bond acceptors (Lipinski definition) is 5. The van der Waals surface area contributed by atoms with Gasteiger partial charge in [0.1, 0.15) is 11.9 Å². The zero-order chi connectivity index (χ0) is 22.9. The number of halogens is 1. The number of aryl methyl sites for hydroxylation is 1. The molecular formula is C25H21ClN6O. The van der Waals surface area contributed by atoms with E-state index in [1.54, 1.807) is 53.0 Å². The van der Waals surface area contributed by atoms with Crippen molar-refractivity contribution in [2.75, 3.05) is 18.0 Å². The van der Waals surface area contributed by atoms with Crippen LogP contribution in [0.5, 0.6) is 0 Å². The van der Waals surface area contributed by atoms with Crippen LogP contribution in [0.25, 0.3) is 27.9 Å². The van der Waals surface area contributed by atoms with E-state index in [1.807, 2.05) is 24.5 Å². The van der Waals surface area contributed by atoms with Crippen LogP contribution in [-0.2, 0) is 7.05 Å². The maximum absolute atomic E-state index is 12.5. The molecule has 0 N–H and O–H groups in total. The summed E-state index contributed by atoms with van der Waals surface area (Å²) < 4.78 is 3.17. The van der Waals surface area contributed by atoms with Crippen LogP contribution >= 0.6 is 11.6 Å². The number of nitrogens with zero attached hydrogens (tertiary/aromatic N) is 6. The molecule has 0 atom stereocenters. The van der Waals surface area contributed by atoms with E-state index in [-0.39, 0.29) is 5.56 Å². The minimum absolute atomic E-state index is 0.105. The van der Waals surface area contributed by atoms with Crippen LogP contribution in [-0.4, -0.2) is 32.4 Å². The molecule has 1 fully saturated rings. The molecule has 0 aliphatic carbocycles. The maximum atomic E-state index is 12.5. The van der Waals surface area contributed by atoms with Crippen LogP contribution < -0.4 is 10.5 Å². The predicted octanol–water partition coefficient (Wildman–Crippen LogP) is 4.43. The van der Waals surface area contributed by atoms with Crippen LogP contribution in [0.1, 0.15) is 18.4 Å². The zero-order valence-corrected chi connectivity index (χ0v) is 18.8. The van der Waals surface area contributed by atoms with Gasteiger partial charge in [0.25, 0.3) is 5.56 Å². The van der Waals surface area contributed by atoms with E-state index in [2.05, 4.69) is 21.1 Å². The third-order valence-corrected chi connectivity index (χ3v) is 6.28. The summed E-state index contributed by atoms with van der Waals surface area (Å²) in [5.74, 6) is 0.958. The van der Waals surface area contributed by atoms with Crippen molar-refractivity contribution in [3.63, 3.8) is 0 Å². The Kier molecular flexibility index (Phi) is 5.45. The van der Waals surface area contributed by atoms with E-state index in [9.17, 15) is 10.1 Å². The summed E-state index contributed by atoms with van der Waals surface area (Å²) in [6, 6.07) is 13.0. The summed E-state index contributed by atoms with van der Waals surface area (Å²) in [5, 5.41) is 14.4. The first-order valence-electron chi connectivity index (χ1n) is 10.7. The van der Waals surface area contributed by atoms with Crippen LogP contribution in [0.15, 0.2) is 66.0 Å². The van der Waals surface area contributed by atoms with Crippen molar-refractivity contribution in [3.05, 3.63) is 82.1 Å². The van der Waals surface area contributed by atoms with Gasteiger partial charge in [0.2, 0.25) is 0 Å². The Hall–Kier alpha value is -3.89. The maximum Gasteiger partial charge on any atom is 0.250 e. The Morgan fingerprint density at radius 1 is 1.03 bits per heavy atom. The number of nitriles is 1. The normalized spacial score (nSPS) is 13.3. The van der Waals surface area contributed by atoms with Crippen molar-refractivity contribution in [1.29, 1.82) is 5.26 Å². The first-order chi connectivity index (χ1) is 16.0. The average Bonchev–Trinajstić information content (AvgIpc) is 3.53. The van der Waals surface area contributed by atoms with E-state index in [0.29, 0.717) is 16.3 Å². The van der Waals surface area contributed by atoms with E-state index in [4.69, 9.17) is 11.6 Å². The Morgan fingerprint density at radius 2 is 1.85 bits per heavy atom. The van der Waals surface area contributed by atoms with Gasteiger partial charge < -0.3 is 9.47 Å². The summed E-state index contributed by atoms with van der Waals surface area (Å²) >= 11 is 6.19. The number of anilines is 1. The van der Waals surface area contributed by atoms with E-state index in [0.717, 1.165) is 41.2 Å². The third kappa shape index (κ3) is 3.90. The quantitative estimate of drug-likeness (QED) is 0.454. The highest BCUT2D eigenvalue weighted by Crippen LogP contribution is 2.32. The standard InChI is InChI=1S/C25H21ClN6O/c1-30-16-21(18-14-29-32(15-18)23-6-4-5-22(26)20(23)12-27)19(11-25(30)33)17-7-8-24(28-13-17)31-9-2-3-10-31/h4-8,11,13-16H,2-3,9-10H2,1H3. The van der Waals surface area contributed by atoms with Crippen LogP contribution in [0, 0.1) is 11.3 Å². The molecule has 0 amide bonds. The molecule has 1 saturated heterocycles. The molecule has 33 heavy (non-hydrogen) atoms. The fourth-order valence-electron chi connectivity index (χ4n) is 4.19. The molecule has 0 bridgehead atoms. The van der Waals surface area contributed by atoms with Gasteiger partial charge in [-0.2, -0.15) is 10.4 Å². The first-order valence-corrected chi connectivity index (χ1v) is 11.1. The van der Waals surface area contributed by atoms with Gasteiger partial charge in [-0.25, -0.2) is 9.67 Å². The van der Waals surface area contributed by atoms with Crippen molar-refractivity contribution in [2.45, 2.75) is 12.8 Å². The minimum atomic E-state index is -0.105. The SMILES string of the molecule is Cn1cc(-c2cnn(-c3cccc(Cl)c3C#N)c2)c(-c2ccc(N3CCCC3)nc2)cc1=O. The number of benzene rings is 1. The lowest BCUT2D eigenvalue weighted by atomic mass is 9.99. The van der Waals surface area contributed by atoms with Crippen LogP contribution in [0.3, 0.4) is 0 Å². The lowest BCUT2D eigenvalue weighted by Gasteiger charge is -2.17. The molecule has 0 radical (unpaired) electrons. The lowest BCUT2D eigenvalue weighted by molar-refractivity contribution is 0.863. The Labute approximate surface area is 196 Å². The lowest BCUT2D eigenvalue weighted by Crippen LogP contribution is -2.18. The second-order valence-electron chi connectivity index (χ2n) is 8.07. The fraction of sp³-hybridized carbons (Fsp3) is 0.200. The molecule has 1 aliphatic rings. The summed E-state index contributed by atoms with van der Waals surface area (Å²) in [6.07, 6.45) is 9.55. The smallest absolute Gasteiger partial charge is 0.250 e. The number of aromatic nitrogens is 4. The summed E-state index contributed by atoms with van der Waals surface area (Å²) in [4.78, 5) is 19.4. The topological polar surface area (TPSA) is 79.7 Å². The Bertz CT molecular complexity index is 1420. The van der Waals surface area contributed by atoms with Crippen molar-refractivity contribution < 1.29 is 0 Å². The average molecular weight is 457 g/mol. The Morgan fingerprint density at radius 3 is 2.58 bits per heavy atom. The molecule has 4 heterocycles. The van der Waals surface area contributed by atoms with Gasteiger partial charge in [-0.05, 0) is 42.7 Å². The van der Waals surface area contributed by atoms with Gasteiger partial charge >= 0.3 is 0 Å². The molecule has 164 valence electrons. The van der Waals surface area contributed by atoms with Gasteiger partial charge in [-0.3, -0.25) is 4.79 Å². The summed E-state index contributed by atoms with van der Waals surface area (Å²) in [7, 11) is 1.72. The largest absolute Gasteiger partial charge is 0.357 e. The molecule has 4 aromatic rings. The number of pyridine rings is 2. The monoisotopic (exact) mass is 456 g/mol. The summed E-state index contributed by atoms with van der Waals surface area (Å²) in [6.45, 7) is 2.05. The molecular weight excluding hydrogens is 436 g/mol. The molecule has 3 aromatic heterocycles. The highest BCUT2D eigenvalue weighted by molar-refractivity contribution is 6.32. The number of rotatable bonds is 4. The zero-order valence-electron chi connectivity index (χ0n) is 18.1. The molecule has 8 heteroatoms. The van der Waals surface area contributed by atoms with E-state index in [1.165, 1.54) is 12.8 Å². The van der Waals surface area contributed by atoms with Gasteiger partial charge in [0.15, 0.2) is 0 Å². The molecule has 0 saturated carbocycles. The van der Waals surface area contributed by atoms with Crippen LogP contribution in [0.2, 0.25) is 5.02 Å². The molecule has 1 aliphatic heterocycles. The molecule has 5 rings (SSSR count). The Balaban J connectivity index is 1.58. The van der Waals surface area contributed by atoms with Gasteiger partial charge in [0.05, 0.1) is 22.5 Å².